The molecule has 0 saturated heterocycles. The second-order valence-corrected chi connectivity index (χ2v) is 0.354. The molecule has 1 radical (unpaired) electrons. The SMILES string of the molecule is CC[NH-].[V+2]. The summed E-state index contributed by atoms with van der Waals surface area (Å²) in [6.45, 7) is 2.29. The third-order valence-corrected chi connectivity index (χ3v) is 0. The van der Waals surface area contributed by atoms with Crippen molar-refractivity contribution >= 4 is 0 Å². The van der Waals surface area contributed by atoms with Crippen molar-refractivity contribution in [2.75, 3.05) is 6.54 Å². The Kier molecular flexibility index (Phi) is 21.2. The van der Waals surface area contributed by atoms with Crippen LogP contribution in [0.4, 0.5) is 0 Å². The Labute approximate surface area is 38.5 Å². The molecule has 0 fully saturated rings. The molecule has 23 valence electrons. The summed E-state index contributed by atoms with van der Waals surface area (Å²) in [7, 11) is 0. The van der Waals surface area contributed by atoms with Crippen molar-refractivity contribution < 1.29 is 18.6 Å². The van der Waals surface area contributed by atoms with Gasteiger partial charge < -0.3 is 5.73 Å². The summed E-state index contributed by atoms with van der Waals surface area (Å²) in [5.41, 5.74) is 6.21. The zero-order chi connectivity index (χ0) is 2.71. The van der Waals surface area contributed by atoms with E-state index < -0.39 is 0 Å². The molecule has 0 aromatic rings. The number of hydrogen-bond donors (Lipinski definition) is 0. The van der Waals surface area contributed by atoms with Crippen LogP contribution in [0.5, 0.6) is 0 Å². The van der Waals surface area contributed by atoms with Gasteiger partial charge in [-0.25, -0.2) is 0 Å². The van der Waals surface area contributed by atoms with Crippen molar-refractivity contribution in [1.82, 2.24) is 0 Å². The topological polar surface area (TPSA) is 23.8 Å². The molecule has 1 N–H and O–H groups in total. The van der Waals surface area contributed by atoms with Gasteiger partial charge >= 0.3 is 18.6 Å². The van der Waals surface area contributed by atoms with E-state index in [1.165, 1.54) is 0 Å². The summed E-state index contributed by atoms with van der Waals surface area (Å²) in [5.74, 6) is 0. The monoisotopic (exact) mass is 95.0 g/mol. The molecule has 0 aromatic carbocycles. The van der Waals surface area contributed by atoms with Gasteiger partial charge in [0.25, 0.3) is 0 Å². The molecule has 0 rings (SSSR count). The Morgan fingerprint density at radius 3 is 1.75 bits per heavy atom. The molecule has 0 saturated carbocycles. The van der Waals surface area contributed by atoms with Crippen LogP contribution in [0.2, 0.25) is 0 Å². The van der Waals surface area contributed by atoms with Gasteiger partial charge in [0.1, 0.15) is 0 Å². The van der Waals surface area contributed by atoms with Crippen LogP contribution in [0, 0.1) is 0 Å². The van der Waals surface area contributed by atoms with Crippen LogP contribution in [-0.4, -0.2) is 6.54 Å². The molecule has 0 atom stereocenters. The number of nitrogens with one attached hydrogen (secondary N) is 1. The van der Waals surface area contributed by atoms with Crippen molar-refractivity contribution in [3.63, 3.8) is 0 Å². The van der Waals surface area contributed by atoms with E-state index in [9.17, 15) is 0 Å². The average molecular weight is 95.0 g/mol. The van der Waals surface area contributed by atoms with Crippen LogP contribution in [0.3, 0.4) is 0 Å². The normalized spacial score (nSPS) is 4.50. The van der Waals surface area contributed by atoms with Crippen molar-refractivity contribution in [3.8, 4) is 0 Å². The maximum Gasteiger partial charge on any atom is 2.00 e. The van der Waals surface area contributed by atoms with Crippen LogP contribution in [0.1, 0.15) is 6.92 Å². The van der Waals surface area contributed by atoms with Gasteiger partial charge in [0, 0.05) is 0 Å². The molecular weight excluding hydrogens is 89.0 g/mol. The molecule has 0 bridgehead atoms. The Morgan fingerprint density at radius 2 is 1.75 bits per heavy atom. The Bertz CT molecular complexity index is 6.00. The zero-order valence-corrected chi connectivity index (χ0v) is 4.05. The summed E-state index contributed by atoms with van der Waals surface area (Å²) in [5, 5.41) is 0. The van der Waals surface area contributed by atoms with E-state index in [0.717, 1.165) is 0 Å². The van der Waals surface area contributed by atoms with Gasteiger partial charge in [-0.05, 0) is 0 Å². The van der Waals surface area contributed by atoms with E-state index in [0.29, 0.717) is 6.54 Å². The van der Waals surface area contributed by atoms with Crippen LogP contribution in [0.25, 0.3) is 5.73 Å². The fourth-order valence-corrected chi connectivity index (χ4v) is 0. The average Bonchev–Trinajstić information content (AvgIpc) is 0.918. The molecule has 1 nitrogen and oxygen atoms in total. The molecule has 0 heterocycles. The fraction of sp³-hybridized carbons (Fsp3) is 1.00. The van der Waals surface area contributed by atoms with Gasteiger partial charge in [-0.2, -0.15) is 6.54 Å². The van der Waals surface area contributed by atoms with Gasteiger partial charge in [-0.3, -0.25) is 0 Å². The van der Waals surface area contributed by atoms with Crippen LogP contribution in [-0.2, 0) is 18.6 Å². The van der Waals surface area contributed by atoms with Gasteiger partial charge in [0.15, 0.2) is 0 Å². The first-order valence-electron chi connectivity index (χ1n) is 1.06. The van der Waals surface area contributed by atoms with Gasteiger partial charge in [0.2, 0.25) is 0 Å². The first-order valence-corrected chi connectivity index (χ1v) is 1.06. The van der Waals surface area contributed by atoms with Crippen molar-refractivity contribution in [1.29, 1.82) is 0 Å². The summed E-state index contributed by atoms with van der Waals surface area (Å²) >= 11 is 0. The van der Waals surface area contributed by atoms with E-state index in [-0.39, 0.29) is 18.6 Å². The van der Waals surface area contributed by atoms with Gasteiger partial charge in [0.05, 0.1) is 0 Å². The molecule has 0 spiro atoms. The Morgan fingerprint density at radius 1 is 1.75 bits per heavy atom. The standard InChI is InChI=1S/C2H6N.V/c1-2-3;/h3H,2H2,1H3;/q-1;+2. The van der Waals surface area contributed by atoms with E-state index in [2.05, 4.69) is 0 Å². The van der Waals surface area contributed by atoms with Crippen LogP contribution >= 0.6 is 0 Å². The summed E-state index contributed by atoms with van der Waals surface area (Å²) in [4.78, 5) is 0. The van der Waals surface area contributed by atoms with Crippen LogP contribution < -0.4 is 0 Å². The van der Waals surface area contributed by atoms with Crippen molar-refractivity contribution in [3.05, 3.63) is 5.73 Å². The Hall–Kier alpha value is 0.544. The summed E-state index contributed by atoms with van der Waals surface area (Å²) in [6, 6.07) is 0. The summed E-state index contributed by atoms with van der Waals surface area (Å²) < 4.78 is 0. The summed E-state index contributed by atoms with van der Waals surface area (Å²) in [6.07, 6.45) is 0. The molecule has 0 unspecified atom stereocenters. The van der Waals surface area contributed by atoms with E-state index in [4.69, 9.17) is 5.73 Å². The fourth-order valence-electron chi connectivity index (χ4n) is 0. The van der Waals surface area contributed by atoms with Gasteiger partial charge in [-0.15, -0.1) is 0 Å². The third kappa shape index (κ3) is 20.5. The first-order chi connectivity index (χ1) is 1.41. The van der Waals surface area contributed by atoms with E-state index in [1.54, 1.807) is 6.92 Å². The minimum atomic E-state index is 0. The number of hydrogen-bond acceptors (Lipinski definition) is 0. The molecule has 0 amide bonds. The third-order valence-electron chi connectivity index (χ3n) is 0. The molecule has 0 aromatic heterocycles. The molecule has 0 aliphatic heterocycles. The maximum absolute atomic E-state index is 6.21. The van der Waals surface area contributed by atoms with Crippen molar-refractivity contribution in [2.24, 2.45) is 0 Å². The number of rotatable bonds is 0. The minimum Gasteiger partial charge on any atom is -0.678 e. The second-order valence-electron chi connectivity index (χ2n) is 0.354. The predicted molar refractivity (Wildman–Crippen MR) is 14.9 cm³/mol. The molecule has 0 aliphatic carbocycles. The molecule has 2 heteroatoms. The van der Waals surface area contributed by atoms with Crippen molar-refractivity contribution in [2.45, 2.75) is 6.92 Å². The van der Waals surface area contributed by atoms with Gasteiger partial charge in [-0.1, -0.05) is 6.92 Å². The molecule has 0 aliphatic rings. The molecular formula is C2H6NV+. The smallest absolute Gasteiger partial charge is 0.678 e. The molecule has 4 heavy (non-hydrogen) atoms. The first kappa shape index (κ1) is 8.82. The quantitative estimate of drug-likeness (QED) is 0.429. The van der Waals surface area contributed by atoms with E-state index in [1.807, 2.05) is 0 Å². The van der Waals surface area contributed by atoms with E-state index >= 15 is 0 Å². The second kappa shape index (κ2) is 9.62. The zero-order valence-electron chi connectivity index (χ0n) is 2.65. The minimum absolute atomic E-state index is 0. The Balaban J connectivity index is 0. The predicted octanol–water partition coefficient (Wildman–Crippen LogP) is 1.06. The largest absolute Gasteiger partial charge is 2.00 e. The van der Waals surface area contributed by atoms with Crippen LogP contribution in [0.15, 0.2) is 0 Å². The maximum atomic E-state index is 6.21.